The van der Waals surface area contributed by atoms with Crippen molar-refractivity contribution < 1.29 is 18.7 Å². The third-order valence-electron chi connectivity index (χ3n) is 5.66. The Hall–Kier alpha value is -3.57. The van der Waals surface area contributed by atoms with Crippen molar-refractivity contribution in [2.24, 2.45) is 5.10 Å². The molecule has 0 aliphatic heterocycles. The van der Waals surface area contributed by atoms with Crippen molar-refractivity contribution in [3.63, 3.8) is 0 Å². The summed E-state index contributed by atoms with van der Waals surface area (Å²) >= 11 is 6.93. The van der Waals surface area contributed by atoms with Crippen LogP contribution >= 0.6 is 31.9 Å². The number of benzene rings is 3. The fraction of sp³-hybridized carbons (Fsp3) is 0.241. The molecule has 11 heteroatoms. The molecule has 0 saturated carbocycles. The van der Waals surface area contributed by atoms with Gasteiger partial charge in [0.25, 0.3) is 11.5 Å². The Morgan fingerprint density at radius 3 is 2.52 bits per heavy atom. The standard InChI is InChI=1S/C29H27Br2FN4O4/c1-5-39-24-12-17(20(31)14-25(24)40-16-26(37)34-23-9-7-6-8-21(23)32)15-33-36-27(38)19-13-18(30)10-11-22(19)35-28(36)29(2,3)4/h6-15H,5,16H2,1-4H3,(H,34,37). The van der Waals surface area contributed by atoms with Crippen LogP contribution in [0.5, 0.6) is 11.5 Å². The van der Waals surface area contributed by atoms with E-state index in [1.807, 2.05) is 33.8 Å². The zero-order chi connectivity index (χ0) is 29.0. The number of nitrogens with zero attached hydrogens (tertiary/aromatic N) is 3. The van der Waals surface area contributed by atoms with Crippen molar-refractivity contribution in [2.75, 3.05) is 18.5 Å². The van der Waals surface area contributed by atoms with E-state index in [4.69, 9.17) is 14.5 Å². The van der Waals surface area contributed by atoms with Crippen molar-refractivity contribution in [1.82, 2.24) is 9.66 Å². The lowest BCUT2D eigenvalue weighted by atomic mass is 9.95. The van der Waals surface area contributed by atoms with E-state index in [1.54, 1.807) is 30.3 Å². The molecule has 4 aromatic rings. The van der Waals surface area contributed by atoms with E-state index in [0.29, 0.717) is 44.9 Å². The van der Waals surface area contributed by atoms with Gasteiger partial charge in [0.05, 0.1) is 29.4 Å². The molecule has 1 amide bonds. The van der Waals surface area contributed by atoms with Crippen molar-refractivity contribution in [1.29, 1.82) is 0 Å². The van der Waals surface area contributed by atoms with Crippen LogP contribution in [-0.2, 0) is 10.2 Å². The van der Waals surface area contributed by atoms with E-state index >= 15 is 0 Å². The first-order valence-electron chi connectivity index (χ1n) is 12.4. The molecule has 0 radical (unpaired) electrons. The lowest BCUT2D eigenvalue weighted by Gasteiger charge is -2.21. The van der Waals surface area contributed by atoms with E-state index in [2.05, 4.69) is 42.3 Å². The van der Waals surface area contributed by atoms with E-state index < -0.39 is 17.1 Å². The molecule has 0 aliphatic carbocycles. The Morgan fingerprint density at radius 1 is 1.10 bits per heavy atom. The summed E-state index contributed by atoms with van der Waals surface area (Å²) in [5.74, 6) is 0.110. The largest absolute Gasteiger partial charge is 0.490 e. The minimum atomic E-state index is -0.541. The van der Waals surface area contributed by atoms with Gasteiger partial charge < -0.3 is 14.8 Å². The molecule has 1 N–H and O–H groups in total. The Morgan fingerprint density at radius 2 is 1.82 bits per heavy atom. The molecule has 40 heavy (non-hydrogen) atoms. The molecule has 0 atom stereocenters. The number of rotatable bonds is 8. The van der Waals surface area contributed by atoms with Gasteiger partial charge in [-0.1, -0.05) is 48.8 Å². The Balaban J connectivity index is 1.65. The van der Waals surface area contributed by atoms with Gasteiger partial charge in [0.15, 0.2) is 18.1 Å². The summed E-state index contributed by atoms with van der Waals surface area (Å²) in [4.78, 5) is 30.5. The number of carbonyl (C=O) groups is 1. The first-order chi connectivity index (χ1) is 19.0. The number of nitrogens with one attached hydrogen (secondary N) is 1. The highest BCUT2D eigenvalue weighted by atomic mass is 79.9. The summed E-state index contributed by atoms with van der Waals surface area (Å²) in [7, 11) is 0. The monoisotopic (exact) mass is 672 g/mol. The SMILES string of the molecule is CCOc1cc(C=Nn2c(C(C)(C)C)nc3ccc(Br)cc3c2=O)c(Br)cc1OCC(=O)Nc1ccccc1F. The second-order valence-corrected chi connectivity index (χ2v) is 11.5. The number of aromatic nitrogens is 2. The fourth-order valence-corrected chi connectivity index (χ4v) is 4.57. The van der Waals surface area contributed by atoms with Crippen LogP contribution in [-0.4, -0.2) is 35.0 Å². The Kier molecular flexibility index (Phi) is 9.05. The third-order valence-corrected chi connectivity index (χ3v) is 6.84. The molecule has 0 spiro atoms. The molecule has 208 valence electrons. The van der Waals surface area contributed by atoms with Gasteiger partial charge in [-0.2, -0.15) is 9.78 Å². The van der Waals surface area contributed by atoms with E-state index in [9.17, 15) is 14.0 Å². The summed E-state index contributed by atoms with van der Waals surface area (Å²) in [6.07, 6.45) is 1.53. The predicted molar refractivity (Wildman–Crippen MR) is 161 cm³/mol. The second kappa shape index (κ2) is 12.3. The number of anilines is 1. The number of carbonyl (C=O) groups excluding carboxylic acids is 1. The van der Waals surface area contributed by atoms with Crippen molar-refractivity contribution >= 4 is 60.6 Å². The third kappa shape index (κ3) is 6.76. The van der Waals surface area contributed by atoms with Gasteiger partial charge in [-0.25, -0.2) is 9.37 Å². The fourth-order valence-electron chi connectivity index (χ4n) is 3.78. The van der Waals surface area contributed by atoms with Crippen molar-refractivity contribution in [3.05, 3.63) is 91.1 Å². The first-order valence-corrected chi connectivity index (χ1v) is 14.0. The van der Waals surface area contributed by atoms with Crippen LogP contribution < -0.4 is 20.3 Å². The summed E-state index contributed by atoms with van der Waals surface area (Å²) in [6, 6.07) is 14.6. The van der Waals surface area contributed by atoms with Gasteiger partial charge in [-0.05, 0) is 65.3 Å². The molecule has 1 aromatic heterocycles. The van der Waals surface area contributed by atoms with Crippen molar-refractivity contribution in [2.45, 2.75) is 33.1 Å². The smallest absolute Gasteiger partial charge is 0.282 e. The number of hydrogen-bond donors (Lipinski definition) is 1. The van der Waals surface area contributed by atoms with Crippen LogP contribution in [0.4, 0.5) is 10.1 Å². The quantitative estimate of drug-likeness (QED) is 0.211. The normalized spacial score (nSPS) is 11.7. The molecule has 0 saturated heterocycles. The predicted octanol–water partition coefficient (Wildman–Crippen LogP) is 6.66. The molecule has 3 aromatic carbocycles. The van der Waals surface area contributed by atoms with Gasteiger partial charge in [-0.3, -0.25) is 9.59 Å². The highest BCUT2D eigenvalue weighted by Crippen LogP contribution is 2.33. The van der Waals surface area contributed by atoms with E-state index in [1.165, 1.54) is 29.1 Å². The van der Waals surface area contributed by atoms with Crippen molar-refractivity contribution in [3.8, 4) is 11.5 Å². The molecule has 8 nitrogen and oxygen atoms in total. The average Bonchev–Trinajstić information content (AvgIpc) is 2.89. The molecule has 4 rings (SSSR count). The number of hydrogen-bond acceptors (Lipinski definition) is 6. The Labute approximate surface area is 247 Å². The topological polar surface area (TPSA) is 94.8 Å². The highest BCUT2D eigenvalue weighted by Gasteiger charge is 2.23. The lowest BCUT2D eigenvalue weighted by Crippen LogP contribution is -2.29. The average molecular weight is 674 g/mol. The second-order valence-electron chi connectivity index (χ2n) is 9.78. The number of para-hydroxylation sites is 1. The summed E-state index contributed by atoms with van der Waals surface area (Å²) in [6.45, 7) is 7.68. The van der Waals surface area contributed by atoms with Crippen LogP contribution in [0.15, 0.2) is 73.4 Å². The lowest BCUT2D eigenvalue weighted by molar-refractivity contribution is -0.118. The van der Waals surface area contributed by atoms with Crippen LogP contribution in [0, 0.1) is 5.82 Å². The van der Waals surface area contributed by atoms with Gasteiger partial charge in [-0.15, -0.1) is 0 Å². The van der Waals surface area contributed by atoms with Crippen LogP contribution in [0.3, 0.4) is 0 Å². The molecule has 0 aliphatic rings. The number of fused-ring (bicyclic) bond motifs is 1. The maximum atomic E-state index is 13.9. The zero-order valence-corrected chi connectivity index (χ0v) is 25.5. The number of amides is 1. The summed E-state index contributed by atoms with van der Waals surface area (Å²) in [5.41, 5.74) is 0.494. The number of ether oxygens (including phenoxy) is 2. The van der Waals surface area contributed by atoms with Crippen LogP contribution in [0.2, 0.25) is 0 Å². The van der Waals surface area contributed by atoms with E-state index in [0.717, 1.165) is 4.47 Å². The van der Waals surface area contributed by atoms with Crippen LogP contribution in [0.1, 0.15) is 39.1 Å². The van der Waals surface area contributed by atoms with Gasteiger partial charge >= 0.3 is 0 Å². The van der Waals surface area contributed by atoms with Crippen LogP contribution in [0.25, 0.3) is 10.9 Å². The van der Waals surface area contributed by atoms with Gasteiger partial charge in [0.1, 0.15) is 11.6 Å². The summed E-state index contributed by atoms with van der Waals surface area (Å²) in [5, 5.41) is 7.44. The van der Waals surface area contributed by atoms with E-state index in [-0.39, 0.29) is 17.9 Å². The van der Waals surface area contributed by atoms with Gasteiger partial charge in [0.2, 0.25) is 0 Å². The molecule has 1 heterocycles. The number of halogens is 3. The molecular formula is C29H27Br2FN4O4. The maximum Gasteiger partial charge on any atom is 0.282 e. The minimum Gasteiger partial charge on any atom is -0.490 e. The molecule has 0 bridgehead atoms. The highest BCUT2D eigenvalue weighted by molar-refractivity contribution is 9.10. The molecule has 0 fully saturated rings. The zero-order valence-electron chi connectivity index (χ0n) is 22.3. The maximum absolute atomic E-state index is 13.9. The Bertz CT molecular complexity index is 1660. The summed E-state index contributed by atoms with van der Waals surface area (Å²) < 4.78 is 28.0. The molecular weight excluding hydrogens is 647 g/mol. The minimum absolute atomic E-state index is 0.0641. The first kappa shape index (κ1) is 29.4. The van der Waals surface area contributed by atoms with Gasteiger partial charge in [0, 0.05) is 19.9 Å². The molecule has 0 unspecified atom stereocenters.